The fourth-order valence-electron chi connectivity index (χ4n) is 11.2. The summed E-state index contributed by atoms with van der Waals surface area (Å²) in [7, 11) is 1.68. The number of anilines is 3. The number of pyridine rings is 5. The molecule has 0 aliphatic heterocycles. The highest BCUT2D eigenvalue weighted by atomic mass is 16.5. The summed E-state index contributed by atoms with van der Waals surface area (Å²) in [6, 6.07) is 86.8. The van der Waals surface area contributed by atoms with Gasteiger partial charge in [0.2, 0.25) is 0 Å². The van der Waals surface area contributed by atoms with Gasteiger partial charge in [-0.25, -0.2) is 15.0 Å². The molecule has 0 N–H and O–H groups in total. The molecule has 0 unspecified atom stereocenters. The molecular formula is C82H82N8O. The number of ether oxygens (including phenoxy) is 1. The number of aromatic nitrogens is 5. The Bertz CT molecular complexity index is 4070. The van der Waals surface area contributed by atoms with Crippen molar-refractivity contribution in [3.63, 3.8) is 0 Å². The van der Waals surface area contributed by atoms with Crippen LogP contribution < -0.4 is 19.4 Å². The van der Waals surface area contributed by atoms with E-state index in [-0.39, 0.29) is 0 Å². The molecule has 0 fully saturated rings. The first-order valence-electron chi connectivity index (χ1n) is 31.9. The van der Waals surface area contributed by atoms with Crippen LogP contribution in [0.25, 0.3) is 101 Å². The van der Waals surface area contributed by atoms with Gasteiger partial charge in [-0.3, -0.25) is 9.97 Å². The quantitative estimate of drug-likeness (QED) is 0.0786. The molecular weight excluding hydrogens is 1110 g/mol. The molecule has 7 aromatic carbocycles. The zero-order valence-electron chi connectivity index (χ0n) is 54.1. The van der Waals surface area contributed by atoms with Crippen LogP contribution in [0.1, 0.15) is 52.7 Å². The molecule has 456 valence electrons. The number of hydrogen-bond donors (Lipinski definition) is 0. The van der Waals surface area contributed by atoms with E-state index in [1.54, 1.807) is 19.5 Å². The molecule has 0 bridgehead atoms. The Hall–Kier alpha value is -10.5. The molecule has 91 heavy (non-hydrogen) atoms. The SMILES string of the molecule is CCN(CC)c1ccc(-c2cc(-c3ccc(C)cc3)nc(-c3ccc(C)cc3)c2)cc1.CCN(CC)c1ccc(-c2cc(-c3ccccc3)nc(-c3ccc(OC)cc3)c2)cc1.CCN(CC)c1ccc(-c2cc(-c3ccccn3)nc(-c3ccccn3)c2)cc1. The van der Waals surface area contributed by atoms with Crippen LogP contribution in [0.3, 0.4) is 0 Å². The van der Waals surface area contributed by atoms with E-state index in [1.165, 1.54) is 44.9 Å². The molecule has 12 rings (SSSR count). The van der Waals surface area contributed by atoms with Crippen molar-refractivity contribution in [2.75, 3.05) is 61.1 Å². The Kier molecular flexibility index (Phi) is 21.7. The lowest BCUT2D eigenvalue weighted by molar-refractivity contribution is 0.415. The first kappa shape index (κ1) is 63.5. The van der Waals surface area contributed by atoms with Gasteiger partial charge in [0.15, 0.2) is 0 Å². The van der Waals surface area contributed by atoms with Crippen LogP contribution in [-0.2, 0) is 0 Å². The molecule has 9 heteroatoms. The standard InChI is InChI=1S/C29H30N2.C28H28N2O.C25H24N4/c1-5-31(6-2)27-17-15-23(16-18-27)26-19-28(24-11-7-21(3)8-12-24)30-29(20-26)25-13-9-22(4)10-14-25;1-4-30(5-2)25-15-11-21(12-16-25)24-19-27(22-9-7-6-8-10-22)29-28(20-24)23-13-17-26(31-3)18-14-23;1-3-29(4-2)21-13-11-19(12-14-21)20-17-24(22-9-5-7-15-26-22)28-25(18-20)23-10-6-8-16-27-23/h7-20H,5-6H2,1-4H3;6-20H,4-5H2,1-3H3;5-18H,3-4H2,1-2H3. The Morgan fingerprint density at radius 2 is 0.538 bits per heavy atom. The maximum atomic E-state index is 5.32. The van der Waals surface area contributed by atoms with Crippen molar-refractivity contribution in [3.05, 3.63) is 272 Å². The van der Waals surface area contributed by atoms with Crippen molar-refractivity contribution in [3.8, 4) is 107 Å². The van der Waals surface area contributed by atoms with Crippen LogP contribution in [-0.4, -0.2) is 71.3 Å². The minimum absolute atomic E-state index is 0.843. The average molecular weight is 1200 g/mol. The molecule has 5 heterocycles. The Morgan fingerprint density at radius 1 is 0.264 bits per heavy atom. The molecule has 0 spiro atoms. The highest BCUT2D eigenvalue weighted by molar-refractivity contribution is 5.80. The van der Waals surface area contributed by atoms with Crippen molar-refractivity contribution in [1.29, 1.82) is 0 Å². The van der Waals surface area contributed by atoms with Gasteiger partial charge in [-0.1, -0.05) is 139 Å². The van der Waals surface area contributed by atoms with Gasteiger partial charge in [-0.15, -0.1) is 0 Å². The summed E-state index contributed by atoms with van der Waals surface area (Å²) in [5.74, 6) is 0.843. The van der Waals surface area contributed by atoms with Gasteiger partial charge < -0.3 is 19.4 Å². The summed E-state index contributed by atoms with van der Waals surface area (Å²) >= 11 is 0. The molecule has 5 aromatic heterocycles. The minimum atomic E-state index is 0.843. The highest BCUT2D eigenvalue weighted by Gasteiger charge is 2.15. The third-order valence-electron chi connectivity index (χ3n) is 16.5. The van der Waals surface area contributed by atoms with Gasteiger partial charge in [0.25, 0.3) is 0 Å². The van der Waals surface area contributed by atoms with E-state index in [1.807, 2.05) is 54.6 Å². The van der Waals surface area contributed by atoms with E-state index in [0.717, 1.165) is 130 Å². The Balaban J connectivity index is 0.000000150. The van der Waals surface area contributed by atoms with E-state index in [4.69, 9.17) is 19.7 Å². The summed E-state index contributed by atoms with van der Waals surface area (Å²) in [5, 5.41) is 0. The molecule has 12 aromatic rings. The lowest BCUT2D eigenvalue weighted by Crippen LogP contribution is -2.21. The molecule has 9 nitrogen and oxygen atoms in total. The fraction of sp³-hybridized carbons (Fsp3) is 0.183. The monoisotopic (exact) mass is 1190 g/mol. The summed E-state index contributed by atoms with van der Waals surface area (Å²) in [4.78, 5) is 30.9. The number of methoxy groups -OCH3 is 1. The van der Waals surface area contributed by atoms with Crippen LogP contribution in [0.4, 0.5) is 17.1 Å². The van der Waals surface area contributed by atoms with E-state index in [2.05, 4.69) is 274 Å². The second-order valence-corrected chi connectivity index (χ2v) is 22.3. The Labute approximate surface area is 539 Å². The molecule has 0 radical (unpaired) electrons. The van der Waals surface area contributed by atoms with Crippen molar-refractivity contribution >= 4 is 17.1 Å². The molecule has 0 aliphatic rings. The van der Waals surface area contributed by atoms with Gasteiger partial charge in [0.1, 0.15) is 5.75 Å². The number of nitrogens with zero attached hydrogens (tertiary/aromatic N) is 8. The summed E-state index contributed by atoms with van der Waals surface area (Å²) < 4.78 is 5.32. The zero-order chi connectivity index (χ0) is 63.5. The largest absolute Gasteiger partial charge is 0.497 e. The molecule has 0 amide bonds. The topological polar surface area (TPSA) is 83.4 Å². The lowest BCUT2D eigenvalue weighted by Gasteiger charge is -2.21. The van der Waals surface area contributed by atoms with Crippen LogP contribution in [0.15, 0.2) is 261 Å². The van der Waals surface area contributed by atoms with Crippen LogP contribution >= 0.6 is 0 Å². The number of rotatable bonds is 19. The first-order chi connectivity index (χ1) is 44.6. The van der Waals surface area contributed by atoms with E-state index >= 15 is 0 Å². The van der Waals surface area contributed by atoms with Gasteiger partial charge in [-0.05, 0) is 210 Å². The van der Waals surface area contributed by atoms with Gasteiger partial charge in [0.05, 0.1) is 52.7 Å². The second-order valence-electron chi connectivity index (χ2n) is 22.3. The maximum Gasteiger partial charge on any atom is 0.118 e. The van der Waals surface area contributed by atoms with Crippen molar-refractivity contribution < 1.29 is 4.74 Å². The second kappa shape index (κ2) is 31.1. The summed E-state index contributed by atoms with van der Waals surface area (Å²) in [5.41, 5.74) is 25.0. The Morgan fingerprint density at radius 3 is 0.835 bits per heavy atom. The first-order valence-corrected chi connectivity index (χ1v) is 31.9. The van der Waals surface area contributed by atoms with E-state index in [9.17, 15) is 0 Å². The van der Waals surface area contributed by atoms with Gasteiger partial charge in [-0.2, -0.15) is 0 Å². The number of benzene rings is 7. The fourth-order valence-corrected chi connectivity index (χ4v) is 11.2. The van der Waals surface area contributed by atoms with Crippen molar-refractivity contribution in [2.24, 2.45) is 0 Å². The van der Waals surface area contributed by atoms with Crippen LogP contribution in [0, 0.1) is 13.8 Å². The van der Waals surface area contributed by atoms with Crippen molar-refractivity contribution in [1.82, 2.24) is 24.9 Å². The van der Waals surface area contributed by atoms with Gasteiger partial charge >= 0.3 is 0 Å². The lowest BCUT2D eigenvalue weighted by atomic mass is 9.99. The molecule has 0 saturated carbocycles. The predicted molar refractivity (Wildman–Crippen MR) is 384 cm³/mol. The normalized spacial score (nSPS) is 10.7. The molecule has 0 saturated heterocycles. The van der Waals surface area contributed by atoms with Gasteiger partial charge in [0, 0.05) is 91.0 Å². The van der Waals surface area contributed by atoms with E-state index in [0.29, 0.717) is 0 Å². The zero-order valence-corrected chi connectivity index (χ0v) is 54.1. The third-order valence-corrected chi connectivity index (χ3v) is 16.5. The number of aryl methyl sites for hydroxylation is 2. The van der Waals surface area contributed by atoms with Crippen LogP contribution in [0.2, 0.25) is 0 Å². The van der Waals surface area contributed by atoms with Crippen LogP contribution in [0.5, 0.6) is 5.75 Å². The third kappa shape index (κ3) is 16.2. The average Bonchev–Trinajstić information content (AvgIpc) is 1.36. The molecule has 0 aliphatic carbocycles. The minimum Gasteiger partial charge on any atom is -0.497 e. The maximum absolute atomic E-state index is 5.32. The smallest absolute Gasteiger partial charge is 0.118 e. The summed E-state index contributed by atoms with van der Waals surface area (Å²) in [6.07, 6.45) is 3.59. The number of hydrogen-bond acceptors (Lipinski definition) is 9. The predicted octanol–water partition coefficient (Wildman–Crippen LogP) is 20.2. The molecule has 0 atom stereocenters. The summed E-state index contributed by atoms with van der Waals surface area (Å²) in [6.45, 7) is 23.4. The van der Waals surface area contributed by atoms with Crippen molar-refractivity contribution in [2.45, 2.75) is 55.4 Å². The highest BCUT2D eigenvalue weighted by Crippen LogP contribution is 2.35. The van der Waals surface area contributed by atoms with E-state index < -0.39 is 0 Å².